The topological polar surface area (TPSA) is 49.4 Å². The van der Waals surface area contributed by atoms with Gasteiger partial charge in [0, 0.05) is 12.6 Å². The molecular weight excluding hydrogens is 315 g/mol. The minimum absolute atomic E-state index is 0.184. The minimum Gasteiger partial charge on any atom is -0.301 e. The molecule has 0 heterocycles. The summed E-state index contributed by atoms with van der Waals surface area (Å²) in [7, 11) is 0.138. The number of hydrogen-bond donors (Lipinski definition) is 1. The summed E-state index contributed by atoms with van der Waals surface area (Å²) in [6.45, 7) is 2.11. The first-order valence-corrected chi connectivity index (χ1v) is 8.76. The second-order valence-corrected chi connectivity index (χ2v) is 7.46. The van der Waals surface area contributed by atoms with E-state index in [-0.39, 0.29) is 23.3 Å². The number of nitrogens with one attached hydrogen (secondary N) is 1. The minimum atomic E-state index is -3.57. The molecule has 0 aromatic heterocycles. The van der Waals surface area contributed by atoms with Crippen molar-refractivity contribution in [3.05, 3.63) is 65.5 Å². The van der Waals surface area contributed by atoms with Crippen LogP contribution in [-0.4, -0.2) is 34.0 Å². The van der Waals surface area contributed by atoms with Crippen LogP contribution < -0.4 is 4.72 Å². The van der Waals surface area contributed by atoms with E-state index in [0.29, 0.717) is 0 Å². The molecule has 0 amide bonds. The number of likely N-dealkylation sites (N-methyl/N-ethyl adjacent to an activating group) is 1. The predicted molar refractivity (Wildman–Crippen MR) is 89.2 cm³/mol. The molecule has 0 unspecified atom stereocenters. The van der Waals surface area contributed by atoms with Crippen LogP contribution in [0.1, 0.15) is 17.2 Å². The van der Waals surface area contributed by atoms with Gasteiger partial charge >= 0.3 is 0 Å². The van der Waals surface area contributed by atoms with Gasteiger partial charge in [0.1, 0.15) is 5.82 Å². The van der Waals surface area contributed by atoms with Crippen molar-refractivity contribution in [3.8, 4) is 0 Å². The van der Waals surface area contributed by atoms with Crippen molar-refractivity contribution in [2.45, 2.75) is 17.9 Å². The summed E-state index contributed by atoms with van der Waals surface area (Å²) in [6.07, 6.45) is 0. The van der Waals surface area contributed by atoms with E-state index in [2.05, 4.69) is 4.72 Å². The van der Waals surface area contributed by atoms with Gasteiger partial charge in [0.25, 0.3) is 0 Å². The third kappa shape index (κ3) is 4.60. The molecule has 0 saturated heterocycles. The number of sulfonamides is 1. The Kier molecular flexibility index (Phi) is 5.51. The van der Waals surface area contributed by atoms with Gasteiger partial charge in [-0.3, -0.25) is 0 Å². The van der Waals surface area contributed by atoms with Crippen molar-refractivity contribution in [1.29, 1.82) is 0 Å². The van der Waals surface area contributed by atoms with Crippen molar-refractivity contribution in [1.82, 2.24) is 9.62 Å². The Labute approximate surface area is 137 Å². The van der Waals surface area contributed by atoms with Crippen LogP contribution in [0.3, 0.4) is 0 Å². The lowest BCUT2D eigenvalue weighted by Crippen LogP contribution is -2.34. The molecule has 1 N–H and O–H groups in total. The van der Waals surface area contributed by atoms with Gasteiger partial charge in [0.05, 0.1) is 4.90 Å². The Morgan fingerprint density at radius 1 is 1.04 bits per heavy atom. The molecule has 0 radical (unpaired) electrons. The van der Waals surface area contributed by atoms with Crippen LogP contribution in [0.25, 0.3) is 0 Å². The number of aryl methyl sites for hydroxylation is 1. The van der Waals surface area contributed by atoms with Crippen molar-refractivity contribution < 1.29 is 12.8 Å². The first kappa shape index (κ1) is 17.6. The maximum atomic E-state index is 13.1. The van der Waals surface area contributed by atoms with E-state index in [4.69, 9.17) is 0 Å². The lowest BCUT2D eigenvalue weighted by atomic mass is 10.1. The Balaban J connectivity index is 2.15. The summed E-state index contributed by atoms with van der Waals surface area (Å²) in [5, 5.41) is 0. The highest BCUT2D eigenvalue weighted by Gasteiger charge is 2.19. The molecule has 6 heteroatoms. The molecule has 2 aromatic carbocycles. The molecule has 2 aromatic rings. The summed E-state index contributed by atoms with van der Waals surface area (Å²) in [6, 6.07) is 12.6. The zero-order valence-electron chi connectivity index (χ0n) is 13.5. The molecule has 0 fully saturated rings. The predicted octanol–water partition coefficient (Wildman–Crippen LogP) is 2.72. The van der Waals surface area contributed by atoms with Crippen LogP contribution in [0.2, 0.25) is 0 Å². The molecule has 0 saturated carbocycles. The fourth-order valence-electron chi connectivity index (χ4n) is 2.27. The van der Waals surface area contributed by atoms with Gasteiger partial charge in [0.15, 0.2) is 0 Å². The number of halogens is 1. The number of benzene rings is 2. The molecule has 0 aliphatic heterocycles. The number of hydrogen-bond acceptors (Lipinski definition) is 3. The van der Waals surface area contributed by atoms with Gasteiger partial charge in [-0.1, -0.05) is 29.8 Å². The molecule has 0 bridgehead atoms. The first-order chi connectivity index (χ1) is 10.8. The molecule has 1 atom stereocenters. The largest absolute Gasteiger partial charge is 0.301 e. The zero-order valence-corrected chi connectivity index (χ0v) is 14.3. The quantitative estimate of drug-likeness (QED) is 0.882. The van der Waals surface area contributed by atoms with Gasteiger partial charge < -0.3 is 4.90 Å². The van der Waals surface area contributed by atoms with Gasteiger partial charge in [-0.2, -0.15) is 0 Å². The van der Waals surface area contributed by atoms with Crippen LogP contribution in [0.5, 0.6) is 0 Å². The van der Waals surface area contributed by atoms with Crippen molar-refractivity contribution in [2.75, 3.05) is 20.6 Å². The first-order valence-electron chi connectivity index (χ1n) is 7.28. The lowest BCUT2D eigenvalue weighted by Gasteiger charge is -2.25. The van der Waals surface area contributed by atoms with Crippen molar-refractivity contribution in [2.24, 2.45) is 0 Å². The molecular formula is C17H21FN2O2S. The van der Waals surface area contributed by atoms with Crippen LogP contribution in [0.15, 0.2) is 53.4 Å². The lowest BCUT2D eigenvalue weighted by molar-refractivity contribution is 0.299. The number of rotatable bonds is 6. The fourth-order valence-corrected chi connectivity index (χ4v) is 3.31. The standard InChI is InChI=1S/C17H21FN2O2S/c1-13-4-10-16(11-5-13)23(21,22)19-12-17(20(2)3)14-6-8-15(18)9-7-14/h4-11,17,19H,12H2,1-3H3/t17-/m0/s1. The summed E-state index contributed by atoms with van der Waals surface area (Å²) in [4.78, 5) is 2.13. The summed E-state index contributed by atoms with van der Waals surface area (Å²) < 4.78 is 40.4. The molecule has 124 valence electrons. The van der Waals surface area contributed by atoms with E-state index >= 15 is 0 Å². The van der Waals surface area contributed by atoms with E-state index in [1.165, 1.54) is 12.1 Å². The van der Waals surface area contributed by atoms with Crippen molar-refractivity contribution in [3.63, 3.8) is 0 Å². The summed E-state index contributed by atoms with van der Waals surface area (Å²) in [5.41, 5.74) is 1.85. The summed E-state index contributed by atoms with van der Waals surface area (Å²) in [5.74, 6) is -0.313. The van der Waals surface area contributed by atoms with E-state index in [9.17, 15) is 12.8 Å². The SMILES string of the molecule is Cc1ccc(S(=O)(=O)NC[C@@H](c2ccc(F)cc2)N(C)C)cc1. The van der Waals surface area contributed by atoms with Gasteiger partial charge in [-0.15, -0.1) is 0 Å². The highest BCUT2D eigenvalue weighted by molar-refractivity contribution is 7.89. The van der Waals surface area contributed by atoms with Crippen LogP contribution >= 0.6 is 0 Å². The molecule has 0 aliphatic carbocycles. The molecule has 2 rings (SSSR count). The Bertz CT molecular complexity index is 741. The molecule has 0 spiro atoms. The Hall–Kier alpha value is -1.76. The molecule has 0 aliphatic rings. The van der Waals surface area contributed by atoms with Crippen LogP contribution in [0.4, 0.5) is 4.39 Å². The van der Waals surface area contributed by atoms with E-state index < -0.39 is 10.0 Å². The normalized spacial score (nSPS) is 13.3. The van der Waals surface area contributed by atoms with Gasteiger partial charge in [-0.25, -0.2) is 17.5 Å². The van der Waals surface area contributed by atoms with E-state index in [1.807, 2.05) is 25.9 Å². The molecule has 23 heavy (non-hydrogen) atoms. The van der Waals surface area contributed by atoms with E-state index in [0.717, 1.165) is 11.1 Å². The third-order valence-electron chi connectivity index (χ3n) is 3.68. The van der Waals surface area contributed by atoms with Crippen LogP contribution in [-0.2, 0) is 10.0 Å². The Morgan fingerprint density at radius 3 is 2.13 bits per heavy atom. The van der Waals surface area contributed by atoms with Crippen molar-refractivity contribution >= 4 is 10.0 Å². The summed E-state index contributed by atoms with van der Waals surface area (Å²) >= 11 is 0. The highest BCUT2D eigenvalue weighted by Crippen LogP contribution is 2.19. The van der Waals surface area contributed by atoms with Crippen LogP contribution in [0, 0.1) is 12.7 Å². The third-order valence-corrected chi connectivity index (χ3v) is 5.12. The molecule has 4 nitrogen and oxygen atoms in total. The second-order valence-electron chi connectivity index (χ2n) is 5.70. The monoisotopic (exact) mass is 336 g/mol. The maximum absolute atomic E-state index is 13.1. The van der Waals surface area contributed by atoms with Gasteiger partial charge in [0.2, 0.25) is 10.0 Å². The Morgan fingerprint density at radius 2 is 1.61 bits per heavy atom. The van der Waals surface area contributed by atoms with E-state index in [1.54, 1.807) is 36.4 Å². The number of nitrogens with zero attached hydrogens (tertiary/aromatic N) is 1. The fraction of sp³-hybridized carbons (Fsp3) is 0.294. The smallest absolute Gasteiger partial charge is 0.240 e. The zero-order chi connectivity index (χ0) is 17.0. The maximum Gasteiger partial charge on any atom is 0.240 e. The average Bonchev–Trinajstić information content (AvgIpc) is 2.49. The van der Waals surface area contributed by atoms with Gasteiger partial charge in [-0.05, 0) is 50.8 Å². The average molecular weight is 336 g/mol. The second kappa shape index (κ2) is 7.21. The highest BCUT2D eigenvalue weighted by atomic mass is 32.2.